The zero-order valence-corrected chi connectivity index (χ0v) is 11.0. The molecule has 0 radical (unpaired) electrons. The quantitative estimate of drug-likeness (QED) is 0.542. The van der Waals surface area contributed by atoms with Crippen LogP contribution in [0.15, 0.2) is 17.1 Å². The van der Waals surface area contributed by atoms with Crippen molar-refractivity contribution in [2.24, 2.45) is 4.99 Å². The first kappa shape index (κ1) is 12.4. The number of esters is 1. The van der Waals surface area contributed by atoms with E-state index in [-0.39, 0.29) is 18.0 Å². The van der Waals surface area contributed by atoms with Gasteiger partial charge in [-0.05, 0) is 0 Å². The van der Waals surface area contributed by atoms with Gasteiger partial charge in [0, 0.05) is 21.0 Å². The Morgan fingerprint density at radius 3 is 3.18 bits per heavy atom. The minimum atomic E-state index is -0.561. The molecule has 0 saturated carbocycles. The molecule has 0 aromatic rings. The van der Waals surface area contributed by atoms with Gasteiger partial charge >= 0.3 is 5.97 Å². The van der Waals surface area contributed by atoms with Gasteiger partial charge in [0.25, 0.3) is 0 Å². The lowest BCUT2D eigenvalue weighted by molar-refractivity contribution is -0.143. The summed E-state index contributed by atoms with van der Waals surface area (Å²) in [5, 5.41) is 0.897. The van der Waals surface area contributed by atoms with Gasteiger partial charge in [0.15, 0.2) is 10.7 Å². The minimum Gasteiger partial charge on any atom is -0.463 e. The number of thioether (sulfide) groups is 1. The van der Waals surface area contributed by atoms with Crippen LogP contribution in [0.4, 0.5) is 0 Å². The van der Waals surface area contributed by atoms with Crippen LogP contribution in [-0.4, -0.2) is 54.3 Å². The second-order valence-electron chi connectivity index (χ2n) is 4.25. The average Bonchev–Trinajstić information content (AvgIpc) is 2.66. The lowest BCUT2D eigenvalue weighted by atomic mass is 10.0. The van der Waals surface area contributed by atoms with Crippen LogP contribution in [-0.2, 0) is 14.3 Å². The molecular formula is C11H16N2O3S. The predicted octanol–water partition coefficient (Wildman–Crippen LogP) is 0.865. The average molecular weight is 256 g/mol. The Bertz CT molecular complexity index is 381. The van der Waals surface area contributed by atoms with Gasteiger partial charge in [-0.25, -0.2) is 4.99 Å². The van der Waals surface area contributed by atoms with Crippen LogP contribution < -0.4 is 0 Å². The van der Waals surface area contributed by atoms with Gasteiger partial charge in [-0.1, -0.05) is 23.9 Å². The molecule has 0 fully saturated rings. The minimum absolute atomic E-state index is 0.107. The molecular weight excluding hydrogens is 240 g/mol. The number of amidine groups is 1. The molecule has 0 amide bonds. The first-order chi connectivity index (χ1) is 8.03. The molecule has 0 spiro atoms. The summed E-state index contributed by atoms with van der Waals surface area (Å²) in [6, 6.07) is 0. The van der Waals surface area contributed by atoms with E-state index in [1.54, 1.807) is 11.8 Å². The highest BCUT2D eigenvalue weighted by Gasteiger charge is 2.47. The van der Waals surface area contributed by atoms with Crippen LogP contribution in [0.3, 0.4) is 0 Å². The molecule has 0 bridgehead atoms. The van der Waals surface area contributed by atoms with Crippen molar-refractivity contribution in [1.82, 2.24) is 4.90 Å². The largest absolute Gasteiger partial charge is 0.463 e. The van der Waals surface area contributed by atoms with Crippen molar-refractivity contribution in [1.29, 1.82) is 0 Å². The van der Waals surface area contributed by atoms with Gasteiger partial charge in [0.1, 0.15) is 12.0 Å². The molecule has 2 aliphatic heterocycles. The van der Waals surface area contributed by atoms with Gasteiger partial charge in [0.05, 0.1) is 6.61 Å². The number of hydrogen-bond donors (Lipinski definition) is 0. The molecule has 0 saturated heterocycles. The Morgan fingerprint density at radius 1 is 1.76 bits per heavy atom. The number of rotatable bonds is 2. The predicted molar refractivity (Wildman–Crippen MR) is 67.0 cm³/mol. The summed E-state index contributed by atoms with van der Waals surface area (Å²) in [6.45, 7) is 2.21. The SMILES string of the molecule is CC(=O)OCC12C=CCOC1SC(N(C)C)=N2. The molecule has 94 valence electrons. The Balaban J connectivity index is 2.21. The number of carbonyl (C=O) groups excluding carboxylic acids is 1. The molecule has 2 rings (SSSR count). The molecule has 5 nitrogen and oxygen atoms in total. The van der Waals surface area contributed by atoms with Crippen molar-refractivity contribution in [3.05, 3.63) is 12.2 Å². The highest BCUT2D eigenvalue weighted by Crippen LogP contribution is 2.40. The van der Waals surface area contributed by atoms with E-state index >= 15 is 0 Å². The van der Waals surface area contributed by atoms with Crippen LogP contribution >= 0.6 is 11.8 Å². The first-order valence-corrected chi connectivity index (χ1v) is 6.28. The van der Waals surface area contributed by atoms with Gasteiger partial charge in [0.2, 0.25) is 0 Å². The van der Waals surface area contributed by atoms with Gasteiger partial charge < -0.3 is 14.4 Å². The standard InChI is InChI=1S/C11H16N2O3S/c1-8(14)16-7-11-5-4-6-15-9(11)17-10(12-11)13(2)3/h4-5,9H,6-7H2,1-3H3. The third-order valence-electron chi connectivity index (χ3n) is 2.56. The molecule has 0 aromatic carbocycles. The van der Waals surface area contributed by atoms with E-state index in [4.69, 9.17) is 9.47 Å². The topological polar surface area (TPSA) is 51.1 Å². The van der Waals surface area contributed by atoms with Crippen molar-refractivity contribution < 1.29 is 14.3 Å². The Hall–Kier alpha value is -1.01. The summed E-state index contributed by atoms with van der Waals surface area (Å²) < 4.78 is 10.8. The zero-order valence-electron chi connectivity index (χ0n) is 10.2. The van der Waals surface area contributed by atoms with Crippen molar-refractivity contribution in [2.45, 2.75) is 17.9 Å². The summed E-state index contributed by atoms with van der Waals surface area (Å²) in [7, 11) is 3.87. The number of carbonyl (C=O) groups is 1. The van der Waals surface area contributed by atoms with Crippen LogP contribution in [0.25, 0.3) is 0 Å². The lowest BCUT2D eigenvalue weighted by Gasteiger charge is -2.30. The van der Waals surface area contributed by atoms with E-state index in [0.717, 1.165) is 5.17 Å². The molecule has 2 heterocycles. The lowest BCUT2D eigenvalue weighted by Crippen LogP contribution is -2.43. The van der Waals surface area contributed by atoms with Gasteiger partial charge in [-0.3, -0.25) is 4.79 Å². The molecule has 2 unspecified atom stereocenters. The Labute approximate surface area is 105 Å². The van der Waals surface area contributed by atoms with Crippen molar-refractivity contribution in [3.8, 4) is 0 Å². The van der Waals surface area contributed by atoms with E-state index in [1.807, 2.05) is 31.1 Å². The molecule has 17 heavy (non-hydrogen) atoms. The highest BCUT2D eigenvalue weighted by molar-refractivity contribution is 8.14. The summed E-state index contributed by atoms with van der Waals surface area (Å²) in [5.74, 6) is -0.296. The number of aliphatic imine (C=N–C) groups is 1. The monoisotopic (exact) mass is 256 g/mol. The highest BCUT2D eigenvalue weighted by atomic mass is 32.2. The van der Waals surface area contributed by atoms with E-state index in [0.29, 0.717) is 6.61 Å². The van der Waals surface area contributed by atoms with E-state index in [1.165, 1.54) is 6.92 Å². The molecule has 6 heteroatoms. The van der Waals surface area contributed by atoms with Crippen molar-refractivity contribution >= 4 is 22.9 Å². The fraction of sp³-hybridized carbons (Fsp3) is 0.636. The summed E-state index contributed by atoms with van der Waals surface area (Å²) in [6.07, 6.45) is 3.90. The number of hydrogen-bond acceptors (Lipinski definition) is 6. The molecule has 2 aliphatic rings. The van der Waals surface area contributed by atoms with E-state index < -0.39 is 5.54 Å². The summed E-state index contributed by atoms with van der Waals surface area (Å²) in [5.41, 5.74) is -0.668. The van der Waals surface area contributed by atoms with E-state index in [9.17, 15) is 4.79 Å². The maximum Gasteiger partial charge on any atom is 0.302 e. The maximum atomic E-state index is 10.9. The number of nitrogens with zero attached hydrogens (tertiary/aromatic N) is 2. The number of fused-ring (bicyclic) bond motifs is 1. The molecule has 0 aromatic heterocycles. The first-order valence-electron chi connectivity index (χ1n) is 5.40. The maximum absolute atomic E-state index is 10.9. The third kappa shape index (κ3) is 2.47. The van der Waals surface area contributed by atoms with Crippen molar-refractivity contribution in [3.63, 3.8) is 0 Å². The summed E-state index contributed by atoms with van der Waals surface area (Å²) in [4.78, 5) is 17.5. The third-order valence-corrected chi connectivity index (χ3v) is 3.99. The Kier molecular flexibility index (Phi) is 3.44. The van der Waals surface area contributed by atoms with Crippen molar-refractivity contribution in [2.75, 3.05) is 27.3 Å². The second kappa shape index (κ2) is 4.70. The van der Waals surface area contributed by atoms with Gasteiger partial charge in [-0.15, -0.1) is 0 Å². The molecule has 2 atom stereocenters. The van der Waals surface area contributed by atoms with Gasteiger partial charge in [-0.2, -0.15) is 0 Å². The van der Waals surface area contributed by atoms with Crippen LogP contribution in [0.1, 0.15) is 6.92 Å². The normalized spacial score (nSPS) is 30.8. The number of ether oxygens (including phenoxy) is 2. The van der Waals surface area contributed by atoms with Crippen LogP contribution in [0.5, 0.6) is 0 Å². The van der Waals surface area contributed by atoms with E-state index in [2.05, 4.69) is 4.99 Å². The summed E-state index contributed by atoms with van der Waals surface area (Å²) >= 11 is 1.56. The second-order valence-corrected chi connectivity index (χ2v) is 5.27. The van der Waals surface area contributed by atoms with Crippen LogP contribution in [0.2, 0.25) is 0 Å². The zero-order chi connectivity index (χ0) is 12.5. The van der Waals surface area contributed by atoms with Crippen LogP contribution in [0, 0.1) is 0 Å². The molecule has 0 aliphatic carbocycles. The smallest absolute Gasteiger partial charge is 0.302 e. The molecule has 0 N–H and O–H groups in total. The fourth-order valence-corrected chi connectivity index (χ4v) is 2.89. The fourth-order valence-electron chi connectivity index (χ4n) is 1.72. The Morgan fingerprint density at radius 2 is 2.53 bits per heavy atom.